The van der Waals surface area contributed by atoms with Gasteiger partial charge in [0.15, 0.2) is 5.96 Å². The van der Waals surface area contributed by atoms with Crippen molar-refractivity contribution in [1.29, 1.82) is 0 Å². The summed E-state index contributed by atoms with van der Waals surface area (Å²) in [7, 11) is 1.67. The molecule has 0 amide bonds. The minimum atomic E-state index is 0.250. The summed E-state index contributed by atoms with van der Waals surface area (Å²) >= 11 is 0. The smallest absolute Gasteiger partial charge is 0.193 e. The van der Waals surface area contributed by atoms with Gasteiger partial charge in [-0.15, -0.1) is 0 Å². The molecule has 1 aromatic rings. The molecule has 122 valence electrons. The average Bonchev–Trinajstić information content (AvgIpc) is 3.02. The Hall–Kier alpha value is -1.63. The summed E-state index contributed by atoms with van der Waals surface area (Å²) in [5.74, 6) is 0.379. The lowest BCUT2D eigenvalue weighted by atomic mass is 10.2. The number of hydrogen-bond acceptors (Lipinski definition) is 4. The van der Waals surface area contributed by atoms with E-state index >= 15 is 0 Å². The minimum Gasteiger partial charge on any atom is -0.380 e. The first-order chi connectivity index (χ1) is 10.8. The molecule has 1 aliphatic rings. The minimum absolute atomic E-state index is 0.250. The number of nitrogens with zero attached hydrogens (tertiary/aromatic N) is 1. The fraction of sp³-hybridized carbons (Fsp3) is 0.562. The summed E-state index contributed by atoms with van der Waals surface area (Å²) in [6, 6.07) is 7.85. The van der Waals surface area contributed by atoms with Gasteiger partial charge >= 0.3 is 0 Å². The fourth-order valence-corrected chi connectivity index (χ4v) is 2.32. The summed E-state index contributed by atoms with van der Waals surface area (Å²) in [4.78, 5) is 4.26. The normalized spacial score (nSPS) is 18.6. The van der Waals surface area contributed by atoms with Crippen molar-refractivity contribution < 1.29 is 14.2 Å². The molecule has 1 aromatic carbocycles. The number of guanidine groups is 1. The molecule has 1 fully saturated rings. The molecule has 0 aliphatic carbocycles. The van der Waals surface area contributed by atoms with Crippen molar-refractivity contribution >= 4 is 11.6 Å². The van der Waals surface area contributed by atoms with E-state index in [4.69, 9.17) is 19.9 Å². The summed E-state index contributed by atoms with van der Waals surface area (Å²) in [5, 5.41) is 3.09. The van der Waals surface area contributed by atoms with Crippen LogP contribution in [0.5, 0.6) is 0 Å². The molecule has 0 radical (unpaired) electrons. The van der Waals surface area contributed by atoms with Crippen molar-refractivity contribution in [3.05, 3.63) is 29.8 Å². The zero-order valence-corrected chi connectivity index (χ0v) is 13.1. The maximum Gasteiger partial charge on any atom is 0.193 e. The zero-order chi connectivity index (χ0) is 15.6. The van der Waals surface area contributed by atoms with Crippen LogP contribution in [0.1, 0.15) is 18.4 Å². The van der Waals surface area contributed by atoms with Gasteiger partial charge in [-0.2, -0.15) is 0 Å². The van der Waals surface area contributed by atoms with E-state index in [9.17, 15) is 0 Å². The third kappa shape index (κ3) is 5.63. The number of aliphatic imine (C=N–C) groups is 1. The van der Waals surface area contributed by atoms with Crippen molar-refractivity contribution in [2.75, 3.05) is 38.8 Å². The maximum atomic E-state index is 5.89. The number of benzene rings is 1. The van der Waals surface area contributed by atoms with Gasteiger partial charge in [-0.05, 0) is 18.9 Å². The lowest BCUT2D eigenvalue weighted by Gasteiger charge is -2.11. The number of ether oxygens (including phenoxy) is 3. The highest BCUT2D eigenvalue weighted by molar-refractivity contribution is 5.92. The Morgan fingerprint density at radius 2 is 2.32 bits per heavy atom. The molecule has 1 unspecified atom stereocenters. The summed E-state index contributed by atoms with van der Waals surface area (Å²) < 4.78 is 16.2. The van der Waals surface area contributed by atoms with Gasteiger partial charge in [-0.25, -0.2) is 0 Å². The van der Waals surface area contributed by atoms with Crippen LogP contribution < -0.4 is 11.1 Å². The van der Waals surface area contributed by atoms with E-state index in [1.807, 2.05) is 24.3 Å². The van der Waals surface area contributed by atoms with Crippen molar-refractivity contribution in [3.63, 3.8) is 0 Å². The van der Waals surface area contributed by atoms with E-state index in [0.717, 1.165) is 30.7 Å². The lowest BCUT2D eigenvalue weighted by molar-refractivity contribution is 0.0200. The second-order valence-electron chi connectivity index (χ2n) is 5.19. The third-order valence-corrected chi connectivity index (χ3v) is 3.43. The molecule has 22 heavy (non-hydrogen) atoms. The van der Waals surface area contributed by atoms with Gasteiger partial charge in [0.25, 0.3) is 0 Å². The predicted molar refractivity (Wildman–Crippen MR) is 87.1 cm³/mol. The third-order valence-electron chi connectivity index (χ3n) is 3.43. The molecule has 1 saturated heterocycles. The van der Waals surface area contributed by atoms with Gasteiger partial charge in [-0.1, -0.05) is 18.2 Å². The Morgan fingerprint density at radius 3 is 3.09 bits per heavy atom. The predicted octanol–water partition coefficient (Wildman–Crippen LogP) is 1.76. The molecule has 1 atom stereocenters. The zero-order valence-electron chi connectivity index (χ0n) is 13.1. The van der Waals surface area contributed by atoms with Crippen LogP contribution in [-0.2, 0) is 20.8 Å². The first-order valence-electron chi connectivity index (χ1n) is 7.62. The van der Waals surface area contributed by atoms with Crippen molar-refractivity contribution in [2.24, 2.45) is 10.7 Å². The number of nitrogens with two attached hydrogens (primary N) is 1. The molecular formula is C16H25N3O3. The van der Waals surface area contributed by atoms with Crippen molar-refractivity contribution in [3.8, 4) is 0 Å². The summed E-state index contributed by atoms with van der Waals surface area (Å²) in [6.45, 7) is 3.09. The monoisotopic (exact) mass is 307 g/mol. The maximum absolute atomic E-state index is 5.89. The van der Waals surface area contributed by atoms with E-state index < -0.39 is 0 Å². The van der Waals surface area contributed by atoms with Gasteiger partial charge in [0, 0.05) is 25.0 Å². The van der Waals surface area contributed by atoms with E-state index in [1.54, 1.807) is 7.11 Å². The highest BCUT2D eigenvalue weighted by Gasteiger charge is 2.14. The van der Waals surface area contributed by atoms with Crippen LogP contribution in [0.25, 0.3) is 0 Å². The van der Waals surface area contributed by atoms with Crippen LogP contribution in [0.3, 0.4) is 0 Å². The topological polar surface area (TPSA) is 78.1 Å². The summed E-state index contributed by atoms with van der Waals surface area (Å²) in [6.07, 6.45) is 2.47. The van der Waals surface area contributed by atoms with Crippen LogP contribution in [0, 0.1) is 0 Å². The molecule has 6 nitrogen and oxygen atoms in total. The molecule has 3 N–H and O–H groups in total. The van der Waals surface area contributed by atoms with Crippen molar-refractivity contribution in [1.82, 2.24) is 0 Å². The second kappa shape index (κ2) is 9.40. The molecule has 0 aromatic heterocycles. The van der Waals surface area contributed by atoms with Crippen molar-refractivity contribution in [2.45, 2.75) is 25.6 Å². The largest absolute Gasteiger partial charge is 0.380 e. The van der Waals surface area contributed by atoms with Crippen LogP contribution in [-0.4, -0.2) is 45.5 Å². The van der Waals surface area contributed by atoms with Crippen LogP contribution in [0.15, 0.2) is 29.3 Å². The standard InChI is InChI=1S/C16H25N3O3/c1-20-11-13-5-2-3-7-15(13)19-16(17)18-8-10-21-12-14-6-4-9-22-14/h2-3,5,7,14H,4,6,8-12H2,1H3,(H3,17,18,19). The Balaban J connectivity index is 1.70. The van der Waals surface area contributed by atoms with Gasteiger partial charge in [-0.3, -0.25) is 4.99 Å². The molecular weight excluding hydrogens is 282 g/mol. The molecule has 2 rings (SSSR count). The highest BCUT2D eigenvalue weighted by atomic mass is 16.5. The molecule has 1 aliphatic heterocycles. The van der Waals surface area contributed by atoms with E-state index in [2.05, 4.69) is 10.3 Å². The Morgan fingerprint density at radius 1 is 1.45 bits per heavy atom. The van der Waals surface area contributed by atoms with Crippen LogP contribution in [0.4, 0.5) is 5.69 Å². The molecule has 6 heteroatoms. The Bertz CT molecular complexity index is 473. The fourth-order valence-electron chi connectivity index (χ4n) is 2.32. The molecule has 0 bridgehead atoms. The van der Waals surface area contributed by atoms with E-state index in [0.29, 0.717) is 32.3 Å². The van der Waals surface area contributed by atoms with Gasteiger partial charge < -0.3 is 25.3 Å². The number of nitrogens with one attached hydrogen (secondary N) is 1. The van der Waals surface area contributed by atoms with E-state index in [1.165, 1.54) is 0 Å². The summed E-state index contributed by atoms with van der Waals surface area (Å²) in [5.41, 5.74) is 7.84. The Labute approximate surface area is 131 Å². The highest BCUT2D eigenvalue weighted by Crippen LogP contribution is 2.15. The van der Waals surface area contributed by atoms with Gasteiger partial charge in [0.1, 0.15) is 0 Å². The lowest BCUT2D eigenvalue weighted by Crippen LogP contribution is -2.24. The molecule has 0 spiro atoms. The molecule has 0 saturated carbocycles. The first-order valence-corrected chi connectivity index (χ1v) is 7.62. The first kappa shape index (κ1) is 16.7. The number of anilines is 1. The number of rotatable bonds is 8. The van der Waals surface area contributed by atoms with E-state index in [-0.39, 0.29) is 6.10 Å². The second-order valence-corrected chi connectivity index (χ2v) is 5.19. The molecule has 1 heterocycles. The van der Waals surface area contributed by atoms with Gasteiger partial charge in [0.2, 0.25) is 0 Å². The average molecular weight is 307 g/mol. The van der Waals surface area contributed by atoms with Crippen LogP contribution >= 0.6 is 0 Å². The number of para-hydroxylation sites is 1. The quantitative estimate of drug-likeness (QED) is 0.435. The number of methoxy groups -OCH3 is 1. The van der Waals surface area contributed by atoms with Gasteiger partial charge in [0.05, 0.1) is 32.5 Å². The SMILES string of the molecule is COCc1ccccc1NC(N)=NCCOCC1CCCO1. The Kier molecular flexibility index (Phi) is 7.15. The van der Waals surface area contributed by atoms with Crippen LogP contribution in [0.2, 0.25) is 0 Å². The number of hydrogen-bond donors (Lipinski definition) is 2.